The van der Waals surface area contributed by atoms with Crippen LogP contribution in [0.25, 0.3) is 10.6 Å². The minimum absolute atomic E-state index is 0.0730. The quantitative estimate of drug-likeness (QED) is 0.646. The summed E-state index contributed by atoms with van der Waals surface area (Å²) in [5.74, 6) is 0.920. The summed E-state index contributed by atoms with van der Waals surface area (Å²) in [6, 6.07) is 18.2. The van der Waals surface area contributed by atoms with Crippen LogP contribution in [0, 0.1) is 0 Å². The molecule has 4 nitrogen and oxygen atoms in total. The van der Waals surface area contributed by atoms with Crippen molar-refractivity contribution in [2.45, 2.75) is 38.1 Å². The van der Waals surface area contributed by atoms with Gasteiger partial charge < -0.3 is 10.1 Å². The number of amides is 1. The Labute approximate surface area is 169 Å². The number of aromatic nitrogens is 1. The summed E-state index contributed by atoms with van der Waals surface area (Å²) in [6.07, 6.45) is 4.16. The largest absolute Gasteiger partial charge is 0.496 e. The maximum absolute atomic E-state index is 12.6. The van der Waals surface area contributed by atoms with Gasteiger partial charge in [0.2, 0.25) is 5.91 Å². The van der Waals surface area contributed by atoms with E-state index in [-0.39, 0.29) is 11.9 Å². The van der Waals surface area contributed by atoms with Crippen molar-refractivity contribution in [1.82, 2.24) is 10.3 Å². The van der Waals surface area contributed by atoms with Gasteiger partial charge in [0.1, 0.15) is 10.8 Å². The molecule has 0 bridgehead atoms. The molecule has 3 aromatic rings. The van der Waals surface area contributed by atoms with E-state index < -0.39 is 0 Å². The number of carbonyl (C=O) groups excluding carboxylic acids is 1. The van der Waals surface area contributed by atoms with Gasteiger partial charge in [-0.2, -0.15) is 0 Å². The fraction of sp³-hybridized carbons (Fsp3) is 0.304. The standard InChI is InChI=1S/C23H24N2O2S/c1-27-20-13-6-5-8-16(20)14-15-21(26)24-18-11-7-12-19-22(18)28-23(25-19)17-9-3-2-4-10-17/h2-6,8-10,13,18H,7,11-12,14-15H2,1H3,(H,24,26)/t18-/m0/s1. The molecular formula is C23H24N2O2S. The van der Waals surface area contributed by atoms with Crippen LogP contribution in [0.4, 0.5) is 0 Å². The molecule has 0 aliphatic heterocycles. The number of fused-ring (bicyclic) bond motifs is 1. The number of rotatable bonds is 6. The SMILES string of the molecule is COc1ccccc1CCC(=O)N[C@H]1CCCc2nc(-c3ccccc3)sc21. The first-order chi connectivity index (χ1) is 13.7. The molecule has 144 valence electrons. The van der Waals surface area contributed by atoms with Gasteiger partial charge in [-0.3, -0.25) is 4.79 Å². The number of nitrogens with one attached hydrogen (secondary N) is 1. The van der Waals surface area contributed by atoms with Gasteiger partial charge in [-0.25, -0.2) is 4.98 Å². The molecule has 0 fully saturated rings. The summed E-state index contributed by atoms with van der Waals surface area (Å²) in [5.41, 5.74) is 3.35. The van der Waals surface area contributed by atoms with Gasteiger partial charge in [0.25, 0.3) is 0 Å². The average molecular weight is 393 g/mol. The van der Waals surface area contributed by atoms with Crippen LogP contribution >= 0.6 is 11.3 Å². The van der Waals surface area contributed by atoms with Crippen LogP contribution in [0.1, 0.15) is 41.4 Å². The third kappa shape index (κ3) is 4.09. The normalized spacial score (nSPS) is 15.7. The average Bonchev–Trinajstić information content (AvgIpc) is 3.18. The van der Waals surface area contributed by atoms with Crippen molar-refractivity contribution in [3.8, 4) is 16.3 Å². The fourth-order valence-corrected chi connectivity index (χ4v) is 4.89. The summed E-state index contributed by atoms with van der Waals surface area (Å²) >= 11 is 1.71. The number of benzene rings is 2. The smallest absolute Gasteiger partial charge is 0.220 e. The highest BCUT2D eigenvalue weighted by Gasteiger charge is 2.26. The molecule has 4 rings (SSSR count). The molecule has 1 atom stereocenters. The number of methoxy groups -OCH3 is 1. The lowest BCUT2D eigenvalue weighted by Crippen LogP contribution is -2.30. The third-order valence-electron chi connectivity index (χ3n) is 5.12. The summed E-state index contributed by atoms with van der Waals surface area (Å²) in [4.78, 5) is 18.7. The molecule has 1 amide bonds. The Morgan fingerprint density at radius 2 is 1.96 bits per heavy atom. The van der Waals surface area contributed by atoms with Gasteiger partial charge in [-0.05, 0) is 37.3 Å². The first-order valence-corrected chi connectivity index (χ1v) is 10.5. The maximum Gasteiger partial charge on any atom is 0.220 e. The highest BCUT2D eigenvalue weighted by atomic mass is 32.1. The second kappa shape index (κ2) is 8.57. The van der Waals surface area contributed by atoms with Crippen LogP contribution in [-0.2, 0) is 17.6 Å². The van der Waals surface area contributed by atoms with Crippen LogP contribution in [0.15, 0.2) is 54.6 Å². The van der Waals surface area contributed by atoms with E-state index in [0.29, 0.717) is 12.8 Å². The Hall–Kier alpha value is -2.66. The lowest BCUT2D eigenvalue weighted by Gasteiger charge is -2.22. The zero-order chi connectivity index (χ0) is 19.3. The van der Waals surface area contributed by atoms with Crippen molar-refractivity contribution >= 4 is 17.2 Å². The van der Waals surface area contributed by atoms with Crippen LogP contribution < -0.4 is 10.1 Å². The minimum Gasteiger partial charge on any atom is -0.496 e. The molecule has 28 heavy (non-hydrogen) atoms. The van der Waals surface area contributed by atoms with Crippen molar-refractivity contribution in [2.75, 3.05) is 7.11 Å². The topological polar surface area (TPSA) is 51.2 Å². The molecule has 1 N–H and O–H groups in total. The number of aryl methyl sites for hydroxylation is 2. The third-order valence-corrected chi connectivity index (χ3v) is 6.38. The molecule has 0 saturated carbocycles. The predicted octanol–water partition coefficient (Wildman–Crippen LogP) is 4.95. The number of ether oxygens (including phenoxy) is 1. The molecule has 5 heteroatoms. The highest BCUT2D eigenvalue weighted by molar-refractivity contribution is 7.15. The van der Waals surface area contributed by atoms with Crippen LogP contribution in [0.3, 0.4) is 0 Å². The Morgan fingerprint density at radius 3 is 2.79 bits per heavy atom. The summed E-state index contributed by atoms with van der Waals surface area (Å²) < 4.78 is 5.38. The van der Waals surface area contributed by atoms with Crippen LogP contribution in [0.5, 0.6) is 5.75 Å². The van der Waals surface area contributed by atoms with Gasteiger partial charge in [-0.15, -0.1) is 11.3 Å². The number of hydrogen-bond acceptors (Lipinski definition) is 4. The zero-order valence-corrected chi connectivity index (χ0v) is 16.8. The maximum atomic E-state index is 12.6. The minimum atomic E-state index is 0.0730. The molecule has 2 aromatic carbocycles. The number of hydrogen-bond donors (Lipinski definition) is 1. The zero-order valence-electron chi connectivity index (χ0n) is 16.0. The molecule has 1 aliphatic rings. The summed E-state index contributed by atoms with van der Waals surface area (Å²) in [5, 5.41) is 4.28. The van der Waals surface area contributed by atoms with E-state index in [2.05, 4.69) is 17.4 Å². The van der Waals surface area contributed by atoms with E-state index in [4.69, 9.17) is 9.72 Å². The Kier molecular flexibility index (Phi) is 5.72. The fourth-order valence-electron chi connectivity index (χ4n) is 3.69. The van der Waals surface area contributed by atoms with E-state index in [1.165, 1.54) is 4.88 Å². The monoisotopic (exact) mass is 392 g/mol. The number of nitrogens with zero attached hydrogens (tertiary/aromatic N) is 1. The first-order valence-electron chi connectivity index (χ1n) is 9.71. The van der Waals surface area contributed by atoms with Crippen LogP contribution in [-0.4, -0.2) is 18.0 Å². The molecule has 0 saturated heterocycles. The van der Waals surface area contributed by atoms with Gasteiger partial charge in [0.05, 0.1) is 23.7 Å². The van der Waals surface area contributed by atoms with Gasteiger partial charge in [0, 0.05) is 12.0 Å². The molecular weight excluding hydrogens is 368 g/mol. The number of carbonyl (C=O) groups is 1. The molecule has 1 aliphatic carbocycles. The van der Waals surface area contributed by atoms with Gasteiger partial charge >= 0.3 is 0 Å². The van der Waals surface area contributed by atoms with E-state index in [1.54, 1.807) is 18.4 Å². The molecule has 0 radical (unpaired) electrons. The van der Waals surface area contributed by atoms with Crippen molar-refractivity contribution < 1.29 is 9.53 Å². The Morgan fingerprint density at radius 1 is 1.18 bits per heavy atom. The number of para-hydroxylation sites is 1. The summed E-state index contributed by atoms with van der Waals surface area (Å²) in [6.45, 7) is 0. The van der Waals surface area contributed by atoms with Crippen molar-refractivity contribution in [3.05, 3.63) is 70.7 Å². The van der Waals surface area contributed by atoms with E-state index in [9.17, 15) is 4.79 Å². The van der Waals surface area contributed by atoms with E-state index in [0.717, 1.165) is 46.8 Å². The van der Waals surface area contributed by atoms with E-state index in [1.807, 2.05) is 42.5 Å². The lowest BCUT2D eigenvalue weighted by atomic mass is 9.97. The first kappa shape index (κ1) is 18.7. The lowest BCUT2D eigenvalue weighted by molar-refractivity contribution is -0.121. The van der Waals surface area contributed by atoms with Crippen molar-refractivity contribution in [2.24, 2.45) is 0 Å². The molecule has 0 unspecified atom stereocenters. The van der Waals surface area contributed by atoms with Gasteiger partial charge in [-0.1, -0.05) is 48.5 Å². The predicted molar refractivity (Wildman–Crippen MR) is 113 cm³/mol. The molecule has 1 heterocycles. The van der Waals surface area contributed by atoms with Gasteiger partial charge in [0.15, 0.2) is 0 Å². The van der Waals surface area contributed by atoms with Crippen molar-refractivity contribution in [3.63, 3.8) is 0 Å². The molecule has 0 spiro atoms. The number of thiazole rings is 1. The second-order valence-corrected chi connectivity index (χ2v) is 8.05. The van der Waals surface area contributed by atoms with Crippen molar-refractivity contribution in [1.29, 1.82) is 0 Å². The molecule has 1 aromatic heterocycles. The highest BCUT2D eigenvalue weighted by Crippen LogP contribution is 2.38. The Balaban J connectivity index is 1.43. The summed E-state index contributed by atoms with van der Waals surface area (Å²) in [7, 11) is 1.66. The van der Waals surface area contributed by atoms with E-state index >= 15 is 0 Å². The second-order valence-electron chi connectivity index (χ2n) is 7.02. The Bertz CT molecular complexity index is 952. The van der Waals surface area contributed by atoms with Crippen LogP contribution in [0.2, 0.25) is 0 Å².